The number of carbonyl (C=O) groups excluding carboxylic acids is 1. The highest BCUT2D eigenvalue weighted by molar-refractivity contribution is 5.79. The minimum atomic E-state index is -0.134. The van der Waals surface area contributed by atoms with Crippen LogP contribution in [-0.2, 0) is 9.53 Å². The van der Waals surface area contributed by atoms with Gasteiger partial charge in [0, 0.05) is 45.2 Å². The topological polar surface area (TPSA) is 74.0 Å². The third kappa shape index (κ3) is 9.85. The van der Waals surface area contributed by atoms with Crippen molar-refractivity contribution in [3.05, 3.63) is 35.9 Å². The van der Waals surface area contributed by atoms with Crippen LogP contribution in [0.2, 0.25) is 0 Å². The zero-order valence-electron chi connectivity index (χ0n) is 23.4. The van der Waals surface area contributed by atoms with E-state index in [4.69, 9.17) is 19.9 Å². The highest BCUT2D eigenvalue weighted by atomic mass is 16.5. The Morgan fingerprint density at radius 1 is 0.971 bits per heavy atom. The number of ether oxygens (including phenoxy) is 3. The van der Waals surface area contributed by atoms with Gasteiger partial charge in [0.15, 0.2) is 11.5 Å². The van der Waals surface area contributed by atoms with Crippen molar-refractivity contribution in [3.8, 4) is 11.5 Å². The molecule has 0 heterocycles. The molecule has 0 fully saturated rings. The Morgan fingerprint density at radius 3 is 2.17 bits per heavy atom. The van der Waals surface area contributed by atoms with Crippen LogP contribution < -0.4 is 15.2 Å². The van der Waals surface area contributed by atoms with Crippen molar-refractivity contribution in [1.29, 1.82) is 0 Å². The molecular weight excluding hydrogens is 440 g/mol. The summed E-state index contributed by atoms with van der Waals surface area (Å²) in [6.07, 6.45) is 6.81. The lowest BCUT2D eigenvalue weighted by Gasteiger charge is -2.28. The number of benzene rings is 1. The minimum absolute atomic E-state index is 0.0109. The maximum absolute atomic E-state index is 12.9. The Morgan fingerprint density at radius 2 is 1.63 bits per heavy atom. The minimum Gasteiger partial charge on any atom is -0.493 e. The first kappa shape index (κ1) is 31.0. The van der Waals surface area contributed by atoms with E-state index in [1.165, 1.54) is 0 Å². The predicted octanol–water partition coefficient (Wildman–Crippen LogP) is 5.86. The third-order valence-corrected chi connectivity index (χ3v) is 6.80. The Balaban J connectivity index is 2.91. The number of nitrogens with two attached hydrogens (primary N) is 1. The Kier molecular flexibility index (Phi) is 14.7. The molecular formula is C29H50N2O4. The van der Waals surface area contributed by atoms with Crippen LogP contribution in [0.15, 0.2) is 30.4 Å². The summed E-state index contributed by atoms with van der Waals surface area (Å²) in [5, 5.41) is 0. The van der Waals surface area contributed by atoms with Crippen molar-refractivity contribution >= 4 is 5.91 Å². The first-order valence-corrected chi connectivity index (χ1v) is 13.2. The Hall–Kier alpha value is -2.05. The van der Waals surface area contributed by atoms with Crippen LogP contribution in [0.25, 0.3) is 0 Å². The standard InChI is InChI=1S/C29H50N2O4/c1-9-31(10-2)29(32)25(22(5)6)15-12-11-14-24(21(3)4)28(30)23-16-17-26(34-8)27(20-23)35-19-13-18-33-7/h11-12,16-17,20-22,24-25,28H,9-10,13-15,18-19,30H2,1-8H3/b12-11+/t24-,25-,28?/m0/s1. The highest BCUT2D eigenvalue weighted by Crippen LogP contribution is 2.35. The molecule has 35 heavy (non-hydrogen) atoms. The van der Waals surface area contributed by atoms with Gasteiger partial charge in [-0.25, -0.2) is 0 Å². The molecule has 0 saturated carbocycles. The molecule has 1 amide bonds. The van der Waals surface area contributed by atoms with Gasteiger partial charge in [-0.2, -0.15) is 0 Å². The molecule has 0 bridgehead atoms. The van der Waals surface area contributed by atoms with Crippen LogP contribution in [0.1, 0.15) is 72.4 Å². The largest absolute Gasteiger partial charge is 0.493 e. The second-order valence-electron chi connectivity index (χ2n) is 9.84. The van der Waals surface area contributed by atoms with Crippen LogP contribution in [-0.4, -0.2) is 51.3 Å². The van der Waals surface area contributed by atoms with Crippen LogP contribution in [0.5, 0.6) is 11.5 Å². The van der Waals surface area contributed by atoms with E-state index in [0.717, 1.165) is 37.9 Å². The number of carbonyl (C=O) groups is 1. The summed E-state index contributed by atoms with van der Waals surface area (Å²) in [6, 6.07) is 5.83. The molecule has 0 aliphatic rings. The summed E-state index contributed by atoms with van der Waals surface area (Å²) in [7, 11) is 3.33. The number of methoxy groups -OCH3 is 2. The van der Waals surface area contributed by atoms with Gasteiger partial charge in [-0.1, -0.05) is 45.9 Å². The van der Waals surface area contributed by atoms with Gasteiger partial charge in [0.05, 0.1) is 13.7 Å². The van der Waals surface area contributed by atoms with E-state index < -0.39 is 0 Å². The fourth-order valence-electron chi connectivity index (χ4n) is 4.40. The summed E-state index contributed by atoms with van der Waals surface area (Å²) in [5.41, 5.74) is 7.82. The molecule has 0 aliphatic carbocycles. The maximum atomic E-state index is 12.9. The van der Waals surface area contributed by atoms with E-state index in [1.807, 2.05) is 36.9 Å². The van der Waals surface area contributed by atoms with Gasteiger partial charge in [-0.3, -0.25) is 4.79 Å². The summed E-state index contributed by atoms with van der Waals surface area (Å²) in [5.74, 6) is 2.65. The zero-order valence-corrected chi connectivity index (χ0v) is 23.4. The quantitative estimate of drug-likeness (QED) is 0.219. The second-order valence-corrected chi connectivity index (χ2v) is 9.84. The van der Waals surface area contributed by atoms with Crippen LogP contribution in [0.3, 0.4) is 0 Å². The SMILES string of the molecule is CCN(CC)C(=O)[C@@H](C/C=C/C[C@@H](C(C)C)C(N)c1ccc(OC)c(OCCCOC)c1)C(C)C. The van der Waals surface area contributed by atoms with E-state index in [1.54, 1.807) is 14.2 Å². The van der Waals surface area contributed by atoms with Crippen molar-refractivity contribution in [2.24, 2.45) is 29.4 Å². The fourth-order valence-corrected chi connectivity index (χ4v) is 4.40. The molecule has 1 rings (SSSR count). The average molecular weight is 491 g/mol. The van der Waals surface area contributed by atoms with E-state index in [0.29, 0.717) is 36.5 Å². The molecule has 0 aromatic heterocycles. The Bertz CT molecular complexity index is 759. The summed E-state index contributed by atoms with van der Waals surface area (Å²) < 4.78 is 16.5. The molecule has 0 spiro atoms. The molecule has 0 radical (unpaired) electrons. The number of hydrogen-bond donors (Lipinski definition) is 1. The van der Waals surface area contributed by atoms with Crippen molar-refractivity contribution < 1.29 is 19.0 Å². The highest BCUT2D eigenvalue weighted by Gasteiger charge is 2.25. The average Bonchev–Trinajstić information content (AvgIpc) is 2.83. The van der Waals surface area contributed by atoms with E-state index in [-0.39, 0.29) is 23.8 Å². The number of nitrogens with zero attached hydrogens (tertiary/aromatic N) is 1. The lowest BCUT2D eigenvalue weighted by atomic mass is 9.82. The van der Waals surface area contributed by atoms with E-state index in [9.17, 15) is 4.79 Å². The van der Waals surface area contributed by atoms with Crippen LogP contribution in [0, 0.1) is 23.7 Å². The summed E-state index contributed by atoms with van der Waals surface area (Å²) in [4.78, 5) is 14.8. The van der Waals surface area contributed by atoms with Crippen molar-refractivity contribution in [2.75, 3.05) is 40.5 Å². The van der Waals surface area contributed by atoms with E-state index in [2.05, 4.69) is 39.8 Å². The van der Waals surface area contributed by atoms with Gasteiger partial charge in [-0.05, 0) is 62.1 Å². The summed E-state index contributed by atoms with van der Waals surface area (Å²) in [6.45, 7) is 15.5. The van der Waals surface area contributed by atoms with E-state index >= 15 is 0 Å². The molecule has 1 aromatic carbocycles. The molecule has 1 unspecified atom stereocenters. The number of allylic oxidation sites excluding steroid dienone is 2. The molecule has 200 valence electrons. The normalized spacial score (nSPS) is 14.4. The molecule has 0 saturated heterocycles. The fraction of sp³-hybridized carbons (Fsp3) is 0.690. The van der Waals surface area contributed by atoms with Gasteiger partial charge in [0.1, 0.15) is 0 Å². The maximum Gasteiger partial charge on any atom is 0.226 e. The third-order valence-electron chi connectivity index (χ3n) is 6.80. The molecule has 2 N–H and O–H groups in total. The van der Waals surface area contributed by atoms with Crippen molar-refractivity contribution in [2.45, 2.75) is 66.8 Å². The number of hydrogen-bond acceptors (Lipinski definition) is 5. The molecule has 1 aromatic rings. The molecule has 3 atom stereocenters. The van der Waals surface area contributed by atoms with Crippen molar-refractivity contribution in [3.63, 3.8) is 0 Å². The van der Waals surface area contributed by atoms with Crippen molar-refractivity contribution in [1.82, 2.24) is 4.90 Å². The van der Waals surface area contributed by atoms with Gasteiger partial charge in [0.2, 0.25) is 5.91 Å². The molecule has 6 heteroatoms. The number of rotatable bonds is 17. The molecule has 0 aliphatic heterocycles. The first-order valence-electron chi connectivity index (χ1n) is 13.2. The summed E-state index contributed by atoms with van der Waals surface area (Å²) >= 11 is 0. The van der Waals surface area contributed by atoms with Crippen LogP contribution in [0.4, 0.5) is 0 Å². The van der Waals surface area contributed by atoms with Gasteiger partial charge >= 0.3 is 0 Å². The van der Waals surface area contributed by atoms with Gasteiger partial charge < -0.3 is 24.8 Å². The number of amides is 1. The van der Waals surface area contributed by atoms with Crippen LogP contribution >= 0.6 is 0 Å². The zero-order chi connectivity index (χ0) is 26.4. The lowest BCUT2D eigenvalue weighted by Crippen LogP contribution is -2.37. The molecule has 6 nitrogen and oxygen atoms in total. The predicted molar refractivity (Wildman–Crippen MR) is 145 cm³/mol. The first-order chi connectivity index (χ1) is 16.7. The van der Waals surface area contributed by atoms with Gasteiger partial charge in [-0.15, -0.1) is 0 Å². The Labute approximate surface area is 214 Å². The second kappa shape index (κ2) is 16.6. The smallest absolute Gasteiger partial charge is 0.226 e. The van der Waals surface area contributed by atoms with Gasteiger partial charge in [0.25, 0.3) is 0 Å². The monoisotopic (exact) mass is 490 g/mol. The lowest BCUT2D eigenvalue weighted by molar-refractivity contribution is -0.136.